The first-order chi connectivity index (χ1) is 9.42. The van der Waals surface area contributed by atoms with Gasteiger partial charge in [-0.05, 0) is 38.6 Å². The van der Waals surface area contributed by atoms with Crippen molar-refractivity contribution >= 4 is 5.91 Å². The van der Waals surface area contributed by atoms with Gasteiger partial charge in [0.15, 0.2) is 0 Å². The Kier molecular flexibility index (Phi) is 4.90. The molecule has 4 nitrogen and oxygen atoms in total. The van der Waals surface area contributed by atoms with Crippen molar-refractivity contribution in [1.29, 1.82) is 0 Å². The van der Waals surface area contributed by atoms with Crippen LogP contribution in [0.3, 0.4) is 0 Å². The van der Waals surface area contributed by atoms with Crippen LogP contribution in [0.2, 0.25) is 0 Å². The van der Waals surface area contributed by atoms with Crippen LogP contribution in [0, 0.1) is 0 Å². The zero-order valence-electron chi connectivity index (χ0n) is 11.4. The Labute approximate surface area is 116 Å². The minimum atomic E-state index is -4.33. The van der Waals surface area contributed by atoms with E-state index in [0.29, 0.717) is 12.8 Å². The molecule has 2 atom stereocenters. The van der Waals surface area contributed by atoms with E-state index < -0.39 is 24.7 Å². The van der Waals surface area contributed by atoms with Crippen molar-refractivity contribution < 1.29 is 23.1 Å². The van der Waals surface area contributed by atoms with Crippen LogP contribution in [-0.2, 0) is 4.79 Å². The Morgan fingerprint density at radius 3 is 2.65 bits per heavy atom. The van der Waals surface area contributed by atoms with E-state index in [9.17, 15) is 18.0 Å². The number of rotatable bonds is 5. The Morgan fingerprint density at radius 2 is 2.00 bits per heavy atom. The molecular formula is C13H21F3N2O2. The molecule has 20 heavy (non-hydrogen) atoms. The van der Waals surface area contributed by atoms with E-state index in [0.717, 1.165) is 30.7 Å². The topological polar surface area (TPSA) is 43.8 Å². The molecule has 0 bridgehead atoms. The van der Waals surface area contributed by atoms with Gasteiger partial charge in [-0.2, -0.15) is 13.2 Å². The third kappa shape index (κ3) is 3.63. The number of hydrogen-bond donors (Lipinski definition) is 1. The highest BCUT2D eigenvalue weighted by molar-refractivity contribution is 5.84. The number of alkyl halides is 3. The van der Waals surface area contributed by atoms with Gasteiger partial charge in [-0.15, -0.1) is 0 Å². The Bertz CT molecular complexity index is 349. The number of halogens is 3. The maximum atomic E-state index is 12.4. The number of aliphatic hydroxyl groups is 1. The lowest BCUT2D eigenvalue weighted by Crippen LogP contribution is -2.46. The number of aliphatic hydroxyl groups excluding tert-OH is 1. The molecule has 2 aliphatic rings. The molecule has 2 rings (SSSR count). The molecule has 2 aliphatic heterocycles. The fraction of sp³-hybridized carbons (Fsp3) is 0.923. The first-order valence-corrected chi connectivity index (χ1v) is 7.14. The van der Waals surface area contributed by atoms with Gasteiger partial charge in [0.1, 0.15) is 6.54 Å². The maximum absolute atomic E-state index is 12.4. The molecule has 2 fully saturated rings. The van der Waals surface area contributed by atoms with E-state index in [1.165, 1.54) is 0 Å². The monoisotopic (exact) mass is 294 g/mol. The fourth-order valence-corrected chi connectivity index (χ4v) is 3.31. The summed E-state index contributed by atoms with van der Waals surface area (Å²) in [5.41, 5.74) is 0. The smallest absolute Gasteiger partial charge is 0.396 e. The van der Waals surface area contributed by atoms with Crippen LogP contribution < -0.4 is 0 Å². The molecule has 0 radical (unpaired) electrons. The third-order valence-corrected chi connectivity index (χ3v) is 4.16. The first-order valence-electron chi connectivity index (χ1n) is 7.14. The SMILES string of the molecule is O=C1C(N2CCCC2CCCO)CCN1CC(F)(F)F. The molecule has 0 aromatic heterocycles. The highest BCUT2D eigenvalue weighted by atomic mass is 19.4. The Morgan fingerprint density at radius 1 is 1.25 bits per heavy atom. The van der Waals surface area contributed by atoms with Gasteiger partial charge in [0.05, 0.1) is 6.04 Å². The molecule has 2 unspecified atom stereocenters. The first kappa shape index (κ1) is 15.6. The second-order valence-corrected chi connectivity index (χ2v) is 5.58. The maximum Gasteiger partial charge on any atom is 0.406 e. The lowest BCUT2D eigenvalue weighted by atomic mass is 10.1. The van der Waals surface area contributed by atoms with Crippen LogP contribution in [0.5, 0.6) is 0 Å². The Balaban J connectivity index is 1.94. The molecule has 116 valence electrons. The van der Waals surface area contributed by atoms with Gasteiger partial charge < -0.3 is 10.0 Å². The van der Waals surface area contributed by atoms with Crippen molar-refractivity contribution in [2.24, 2.45) is 0 Å². The van der Waals surface area contributed by atoms with Gasteiger partial charge in [-0.3, -0.25) is 9.69 Å². The van der Waals surface area contributed by atoms with Crippen LogP contribution in [0.4, 0.5) is 13.2 Å². The van der Waals surface area contributed by atoms with Crippen LogP contribution in [-0.4, -0.2) is 65.3 Å². The van der Waals surface area contributed by atoms with E-state index in [1.54, 1.807) is 0 Å². The zero-order chi connectivity index (χ0) is 14.8. The van der Waals surface area contributed by atoms with Crippen LogP contribution in [0.25, 0.3) is 0 Å². The molecule has 2 heterocycles. The average Bonchev–Trinajstić information content (AvgIpc) is 2.93. The molecule has 0 aromatic rings. The van der Waals surface area contributed by atoms with E-state index in [4.69, 9.17) is 5.11 Å². The minimum Gasteiger partial charge on any atom is -0.396 e. The molecule has 1 amide bonds. The van der Waals surface area contributed by atoms with Crippen LogP contribution in [0.1, 0.15) is 32.1 Å². The van der Waals surface area contributed by atoms with Gasteiger partial charge in [-0.1, -0.05) is 0 Å². The summed E-state index contributed by atoms with van der Waals surface area (Å²) in [4.78, 5) is 15.1. The number of carbonyl (C=O) groups is 1. The van der Waals surface area contributed by atoms with Gasteiger partial charge in [0.2, 0.25) is 5.91 Å². The number of amides is 1. The number of nitrogens with zero attached hydrogens (tertiary/aromatic N) is 2. The largest absolute Gasteiger partial charge is 0.406 e. The van der Waals surface area contributed by atoms with Gasteiger partial charge in [0, 0.05) is 19.2 Å². The number of likely N-dealkylation sites (tertiary alicyclic amines) is 2. The summed E-state index contributed by atoms with van der Waals surface area (Å²) in [6.45, 7) is -0.0702. The molecule has 0 saturated carbocycles. The number of carbonyl (C=O) groups excluding carboxylic acids is 1. The second kappa shape index (κ2) is 6.30. The molecule has 2 saturated heterocycles. The molecule has 0 aromatic carbocycles. The molecule has 0 aliphatic carbocycles. The predicted molar refractivity (Wildman–Crippen MR) is 67.1 cm³/mol. The molecular weight excluding hydrogens is 273 g/mol. The van der Waals surface area contributed by atoms with E-state index >= 15 is 0 Å². The van der Waals surface area contributed by atoms with Crippen molar-refractivity contribution in [1.82, 2.24) is 9.80 Å². The molecule has 1 N–H and O–H groups in total. The predicted octanol–water partition coefficient (Wildman–Crippen LogP) is 1.39. The van der Waals surface area contributed by atoms with E-state index in [1.807, 2.05) is 4.90 Å². The summed E-state index contributed by atoms with van der Waals surface area (Å²) >= 11 is 0. The highest BCUT2D eigenvalue weighted by Crippen LogP contribution is 2.30. The average molecular weight is 294 g/mol. The van der Waals surface area contributed by atoms with Crippen molar-refractivity contribution in [3.05, 3.63) is 0 Å². The fourth-order valence-electron chi connectivity index (χ4n) is 3.31. The lowest BCUT2D eigenvalue weighted by molar-refractivity contribution is -0.159. The summed E-state index contributed by atoms with van der Waals surface area (Å²) < 4.78 is 37.2. The van der Waals surface area contributed by atoms with Crippen molar-refractivity contribution in [3.63, 3.8) is 0 Å². The second-order valence-electron chi connectivity index (χ2n) is 5.58. The van der Waals surface area contributed by atoms with Crippen molar-refractivity contribution in [3.8, 4) is 0 Å². The van der Waals surface area contributed by atoms with Gasteiger partial charge in [-0.25, -0.2) is 0 Å². The Hall–Kier alpha value is -0.820. The van der Waals surface area contributed by atoms with Crippen molar-refractivity contribution in [2.45, 2.75) is 50.4 Å². The summed E-state index contributed by atoms with van der Waals surface area (Å²) in [6, 6.07) is -0.175. The summed E-state index contributed by atoms with van der Waals surface area (Å²) in [5, 5.41) is 8.88. The number of hydrogen-bond acceptors (Lipinski definition) is 3. The van der Waals surface area contributed by atoms with Gasteiger partial charge >= 0.3 is 6.18 Å². The summed E-state index contributed by atoms with van der Waals surface area (Å²) in [6.07, 6.45) is -0.438. The normalized spacial score (nSPS) is 28.6. The minimum absolute atomic E-state index is 0.114. The summed E-state index contributed by atoms with van der Waals surface area (Å²) in [7, 11) is 0. The standard InChI is InChI=1S/C13H21F3N2O2/c14-13(15,16)9-17-7-5-11(12(17)20)18-6-1-3-10(18)4-2-8-19/h10-11,19H,1-9H2. The van der Waals surface area contributed by atoms with Gasteiger partial charge in [0.25, 0.3) is 0 Å². The van der Waals surface area contributed by atoms with Crippen molar-refractivity contribution in [2.75, 3.05) is 26.2 Å². The molecule has 0 spiro atoms. The molecule has 7 heteroatoms. The zero-order valence-corrected chi connectivity index (χ0v) is 11.4. The summed E-state index contributed by atoms with van der Waals surface area (Å²) in [5.74, 6) is -0.391. The van der Waals surface area contributed by atoms with Crippen LogP contribution >= 0.6 is 0 Å². The highest BCUT2D eigenvalue weighted by Gasteiger charge is 2.43. The van der Waals surface area contributed by atoms with E-state index in [2.05, 4.69) is 0 Å². The van der Waals surface area contributed by atoms with Crippen LogP contribution in [0.15, 0.2) is 0 Å². The quantitative estimate of drug-likeness (QED) is 0.833. The third-order valence-electron chi connectivity index (χ3n) is 4.16. The van der Waals surface area contributed by atoms with E-state index in [-0.39, 0.29) is 19.2 Å². The lowest BCUT2D eigenvalue weighted by Gasteiger charge is -2.29.